The summed E-state index contributed by atoms with van der Waals surface area (Å²) in [6.45, 7) is 4.39. The first-order valence-electron chi connectivity index (χ1n) is 7.34. The van der Waals surface area contributed by atoms with Gasteiger partial charge in [0.15, 0.2) is 5.58 Å². The van der Waals surface area contributed by atoms with Crippen LogP contribution in [0, 0.1) is 10.5 Å². The van der Waals surface area contributed by atoms with E-state index >= 15 is 0 Å². The summed E-state index contributed by atoms with van der Waals surface area (Å²) < 4.78 is 12.6. The number of rotatable bonds is 4. The van der Waals surface area contributed by atoms with Crippen LogP contribution in [0.15, 0.2) is 28.7 Å². The van der Waals surface area contributed by atoms with Crippen molar-refractivity contribution in [3.05, 3.63) is 39.0 Å². The molecule has 3 aromatic rings. The first-order chi connectivity index (χ1) is 10.2. The number of unbranched alkanes of at least 4 members (excludes halogenated alkanes) is 1. The molecule has 0 amide bonds. The standard InChI is InChI=1S/C18H19IO2/c1-4-5-6-12-7-8-13-14-9-10-15(20-3)16(19)18(14)21-17(13)11(12)2/h7-10H,4-6H2,1-3H3. The van der Waals surface area contributed by atoms with E-state index in [1.165, 1.54) is 34.7 Å². The van der Waals surface area contributed by atoms with Crippen molar-refractivity contribution in [3.8, 4) is 5.75 Å². The third kappa shape index (κ3) is 2.41. The molecule has 0 saturated carbocycles. The summed E-state index contributed by atoms with van der Waals surface area (Å²) in [5, 5.41) is 2.36. The monoisotopic (exact) mass is 394 g/mol. The highest BCUT2D eigenvalue weighted by molar-refractivity contribution is 14.1. The minimum atomic E-state index is 0.867. The van der Waals surface area contributed by atoms with Gasteiger partial charge in [0, 0.05) is 10.8 Å². The minimum absolute atomic E-state index is 0.867. The van der Waals surface area contributed by atoms with Gasteiger partial charge in [0.2, 0.25) is 0 Å². The molecule has 0 radical (unpaired) electrons. The van der Waals surface area contributed by atoms with Crippen molar-refractivity contribution in [2.75, 3.05) is 7.11 Å². The van der Waals surface area contributed by atoms with Crippen LogP contribution < -0.4 is 4.74 Å². The maximum Gasteiger partial charge on any atom is 0.152 e. The second-order valence-electron chi connectivity index (χ2n) is 5.39. The van der Waals surface area contributed by atoms with Gasteiger partial charge in [0.25, 0.3) is 0 Å². The Bertz CT molecular complexity index is 802. The Morgan fingerprint density at radius 2 is 1.81 bits per heavy atom. The lowest BCUT2D eigenvalue weighted by atomic mass is 10.00. The molecule has 0 bridgehead atoms. The first-order valence-corrected chi connectivity index (χ1v) is 8.42. The molecular formula is C18H19IO2. The Balaban J connectivity index is 2.25. The van der Waals surface area contributed by atoms with E-state index in [0.29, 0.717) is 0 Å². The average molecular weight is 394 g/mol. The summed E-state index contributed by atoms with van der Waals surface area (Å²) in [6.07, 6.45) is 3.56. The van der Waals surface area contributed by atoms with Crippen LogP contribution in [0.1, 0.15) is 30.9 Å². The second kappa shape index (κ2) is 5.87. The van der Waals surface area contributed by atoms with Crippen molar-refractivity contribution < 1.29 is 9.15 Å². The molecule has 0 unspecified atom stereocenters. The van der Waals surface area contributed by atoms with Crippen molar-refractivity contribution in [1.82, 2.24) is 0 Å². The minimum Gasteiger partial charge on any atom is -0.496 e. The summed E-state index contributed by atoms with van der Waals surface area (Å²) in [4.78, 5) is 0. The quantitative estimate of drug-likeness (QED) is 0.518. The highest BCUT2D eigenvalue weighted by Gasteiger charge is 2.15. The van der Waals surface area contributed by atoms with Crippen LogP contribution in [0.25, 0.3) is 21.9 Å². The Morgan fingerprint density at radius 1 is 1.10 bits per heavy atom. The Morgan fingerprint density at radius 3 is 2.52 bits per heavy atom. The molecule has 21 heavy (non-hydrogen) atoms. The lowest BCUT2D eigenvalue weighted by Gasteiger charge is -2.05. The molecule has 0 spiro atoms. The zero-order chi connectivity index (χ0) is 15.0. The molecule has 0 aliphatic rings. The van der Waals surface area contributed by atoms with Gasteiger partial charge in [-0.1, -0.05) is 25.5 Å². The Labute approximate surface area is 138 Å². The summed E-state index contributed by atoms with van der Waals surface area (Å²) in [7, 11) is 1.69. The highest BCUT2D eigenvalue weighted by Crippen LogP contribution is 2.38. The van der Waals surface area contributed by atoms with E-state index in [4.69, 9.17) is 9.15 Å². The molecule has 0 fully saturated rings. The van der Waals surface area contributed by atoms with Crippen LogP contribution in [0.2, 0.25) is 0 Å². The normalized spacial score (nSPS) is 11.4. The molecule has 110 valence electrons. The number of aryl methyl sites for hydroxylation is 2. The molecule has 2 aromatic carbocycles. The third-order valence-corrected chi connectivity index (χ3v) is 5.12. The predicted octanol–water partition coefficient (Wildman–Crippen LogP) is 5.85. The summed E-state index contributed by atoms with van der Waals surface area (Å²) in [5.74, 6) is 0.867. The van der Waals surface area contributed by atoms with Crippen LogP contribution in [0.5, 0.6) is 5.75 Å². The number of halogens is 1. The zero-order valence-electron chi connectivity index (χ0n) is 12.6. The summed E-state index contributed by atoms with van der Waals surface area (Å²) in [6, 6.07) is 8.55. The number of furan rings is 1. The third-order valence-electron chi connectivity index (χ3n) is 4.09. The Kier molecular flexibility index (Phi) is 4.11. The van der Waals surface area contributed by atoms with E-state index in [1.807, 2.05) is 6.07 Å². The number of hydrogen-bond acceptors (Lipinski definition) is 2. The topological polar surface area (TPSA) is 22.4 Å². The average Bonchev–Trinajstić information content (AvgIpc) is 2.88. The number of ether oxygens (including phenoxy) is 1. The van der Waals surface area contributed by atoms with Gasteiger partial charge in [0.1, 0.15) is 11.3 Å². The number of benzene rings is 2. The largest absolute Gasteiger partial charge is 0.496 e. The molecule has 3 rings (SSSR count). The molecule has 1 heterocycles. The van der Waals surface area contributed by atoms with Gasteiger partial charge in [-0.25, -0.2) is 0 Å². The molecule has 2 nitrogen and oxygen atoms in total. The molecule has 1 aromatic heterocycles. The molecule has 0 aliphatic carbocycles. The van der Waals surface area contributed by atoms with Crippen LogP contribution in [-0.4, -0.2) is 7.11 Å². The summed E-state index contributed by atoms with van der Waals surface area (Å²) >= 11 is 2.30. The van der Waals surface area contributed by atoms with Crippen molar-refractivity contribution in [3.63, 3.8) is 0 Å². The highest BCUT2D eigenvalue weighted by atomic mass is 127. The number of hydrogen-bond donors (Lipinski definition) is 0. The van der Waals surface area contributed by atoms with Crippen LogP contribution in [0.3, 0.4) is 0 Å². The van der Waals surface area contributed by atoms with Crippen LogP contribution in [-0.2, 0) is 6.42 Å². The van der Waals surface area contributed by atoms with Crippen molar-refractivity contribution in [1.29, 1.82) is 0 Å². The molecule has 0 saturated heterocycles. The van der Waals surface area contributed by atoms with E-state index in [2.05, 4.69) is 54.6 Å². The van der Waals surface area contributed by atoms with Gasteiger partial charge in [-0.05, 0) is 65.6 Å². The van der Waals surface area contributed by atoms with E-state index in [0.717, 1.165) is 26.9 Å². The second-order valence-corrected chi connectivity index (χ2v) is 6.47. The van der Waals surface area contributed by atoms with Gasteiger partial charge in [-0.3, -0.25) is 0 Å². The SMILES string of the molecule is CCCCc1ccc2c(oc3c(I)c(OC)ccc32)c1C. The van der Waals surface area contributed by atoms with Crippen molar-refractivity contribution in [2.45, 2.75) is 33.1 Å². The number of fused-ring (bicyclic) bond motifs is 3. The molecule has 0 N–H and O–H groups in total. The van der Waals surface area contributed by atoms with Gasteiger partial charge in [0.05, 0.1) is 10.7 Å². The van der Waals surface area contributed by atoms with Crippen LogP contribution >= 0.6 is 22.6 Å². The molecule has 3 heteroatoms. The first kappa shape index (κ1) is 14.7. The molecule has 0 atom stereocenters. The van der Waals surface area contributed by atoms with Crippen molar-refractivity contribution in [2.24, 2.45) is 0 Å². The molecule has 0 aliphatic heterocycles. The fraction of sp³-hybridized carbons (Fsp3) is 0.333. The molecular weight excluding hydrogens is 375 g/mol. The fourth-order valence-electron chi connectivity index (χ4n) is 2.82. The Hall–Kier alpha value is -1.23. The van der Waals surface area contributed by atoms with Gasteiger partial charge in [-0.2, -0.15) is 0 Å². The lowest BCUT2D eigenvalue weighted by molar-refractivity contribution is 0.411. The van der Waals surface area contributed by atoms with E-state index in [1.54, 1.807) is 7.11 Å². The maximum absolute atomic E-state index is 6.19. The smallest absolute Gasteiger partial charge is 0.152 e. The lowest BCUT2D eigenvalue weighted by Crippen LogP contribution is -1.89. The van der Waals surface area contributed by atoms with E-state index < -0.39 is 0 Å². The van der Waals surface area contributed by atoms with Crippen LogP contribution in [0.4, 0.5) is 0 Å². The van der Waals surface area contributed by atoms with Gasteiger partial charge < -0.3 is 9.15 Å². The van der Waals surface area contributed by atoms with E-state index in [9.17, 15) is 0 Å². The zero-order valence-corrected chi connectivity index (χ0v) is 14.8. The van der Waals surface area contributed by atoms with Gasteiger partial charge in [-0.15, -0.1) is 0 Å². The predicted molar refractivity (Wildman–Crippen MR) is 96.3 cm³/mol. The fourth-order valence-corrected chi connectivity index (χ4v) is 3.62. The summed E-state index contributed by atoms with van der Waals surface area (Å²) in [5.41, 5.74) is 4.61. The number of methoxy groups -OCH3 is 1. The van der Waals surface area contributed by atoms with Gasteiger partial charge >= 0.3 is 0 Å². The maximum atomic E-state index is 6.19. The van der Waals surface area contributed by atoms with Crippen molar-refractivity contribution >= 4 is 44.5 Å². The van der Waals surface area contributed by atoms with E-state index in [-0.39, 0.29) is 0 Å².